The Morgan fingerprint density at radius 1 is 1.91 bits per heavy atom. The number of carbonyl (C=O) groups is 1. The van der Waals surface area contributed by atoms with Crippen LogP contribution in [0, 0.1) is 6.92 Å². The third kappa shape index (κ3) is 6.30. The fraction of sp³-hybridized carbons (Fsp3) is 0.143. The molecule has 0 aliphatic carbocycles. The minimum absolute atomic E-state index is 0.833. The van der Waals surface area contributed by atoms with Crippen molar-refractivity contribution in [3.8, 4) is 0 Å². The molecule has 4 nitrogen and oxygen atoms in total. The Hall–Kier alpha value is -1.58. The van der Waals surface area contributed by atoms with E-state index in [0.29, 0.717) is 0 Å². The van der Waals surface area contributed by atoms with Crippen molar-refractivity contribution in [1.29, 1.82) is 0 Å². The van der Waals surface area contributed by atoms with Crippen LogP contribution >= 0.6 is 0 Å². The second-order valence-corrected chi connectivity index (χ2v) is 1.72. The highest BCUT2D eigenvalue weighted by Gasteiger charge is 1.74. The zero-order valence-electron chi connectivity index (χ0n) is 6.24. The van der Waals surface area contributed by atoms with Gasteiger partial charge in [-0.05, 0) is 6.92 Å². The fourth-order valence-corrected chi connectivity index (χ4v) is 0.344. The van der Waals surface area contributed by atoms with Crippen LogP contribution in [0.1, 0.15) is 5.82 Å². The number of hydrogen-bond acceptors (Lipinski definition) is 2. The molecule has 1 rings (SSSR count). The van der Waals surface area contributed by atoms with Gasteiger partial charge in [0.05, 0.1) is 0 Å². The number of imidazole rings is 1. The zero-order valence-corrected chi connectivity index (χ0v) is 6.24. The Balaban J connectivity index is 0.000000187. The molecule has 60 valence electrons. The lowest BCUT2D eigenvalue weighted by molar-refractivity contribution is -0.131. The van der Waals surface area contributed by atoms with E-state index in [1.807, 2.05) is 6.92 Å². The van der Waals surface area contributed by atoms with Crippen molar-refractivity contribution in [2.75, 3.05) is 0 Å². The maximum atomic E-state index is 9.25. The number of rotatable bonds is 1. The van der Waals surface area contributed by atoms with Gasteiger partial charge in [0, 0.05) is 18.5 Å². The van der Waals surface area contributed by atoms with Crippen molar-refractivity contribution >= 4 is 5.97 Å². The van der Waals surface area contributed by atoms with Crippen molar-refractivity contribution in [1.82, 2.24) is 9.97 Å². The minimum Gasteiger partial charge on any atom is -0.478 e. The summed E-state index contributed by atoms with van der Waals surface area (Å²) in [7, 11) is 0. The number of nitrogens with one attached hydrogen (secondary N) is 1. The van der Waals surface area contributed by atoms with Gasteiger partial charge in [0.25, 0.3) is 0 Å². The first-order chi connectivity index (χ1) is 5.16. The Morgan fingerprint density at radius 2 is 2.45 bits per heavy atom. The largest absolute Gasteiger partial charge is 0.478 e. The molecule has 1 heterocycles. The van der Waals surface area contributed by atoms with Crippen LogP contribution in [-0.2, 0) is 4.79 Å². The van der Waals surface area contributed by atoms with E-state index < -0.39 is 5.97 Å². The predicted octanol–water partition coefficient (Wildman–Crippen LogP) is 0.975. The molecule has 0 radical (unpaired) electrons. The van der Waals surface area contributed by atoms with Gasteiger partial charge in [0.15, 0.2) is 0 Å². The Bertz CT molecular complexity index is 216. The van der Waals surface area contributed by atoms with E-state index in [4.69, 9.17) is 5.11 Å². The molecule has 0 saturated carbocycles. The second-order valence-electron chi connectivity index (χ2n) is 1.72. The van der Waals surface area contributed by atoms with E-state index in [9.17, 15) is 4.79 Å². The molecule has 0 amide bonds. The SMILES string of the molecule is C=CC(=O)O.Cc1ncc[nH]1. The third-order valence-electron chi connectivity index (χ3n) is 0.810. The third-order valence-corrected chi connectivity index (χ3v) is 0.810. The van der Waals surface area contributed by atoms with Crippen molar-refractivity contribution in [3.63, 3.8) is 0 Å². The van der Waals surface area contributed by atoms with E-state index in [-0.39, 0.29) is 0 Å². The van der Waals surface area contributed by atoms with Crippen LogP contribution in [0.15, 0.2) is 25.0 Å². The second kappa shape index (κ2) is 5.22. The topological polar surface area (TPSA) is 66.0 Å². The maximum Gasteiger partial charge on any atom is 0.327 e. The first kappa shape index (κ1) is 9.42. The lowest BCUT2D eigenvalue weighted by Gasteiger charge is -1.68. The fourth-order valence-electron chi connectivity index (χ4n) is 0.344. The van der Waals surface area contributed by atoms with Gasteiger partial charge in [-0.25, -0.2) is 9.78 Å². The molecule has 0 fully saturated rings. The van der Waals surface area contributed by atoms with E-state index in [0.717, 1.165) is 11.9 Å². The molecule has 0 bridgehead atoms. The number of nitrogens with zero attached hydrogens (tertiary/aromatic N) is 1. The van der Waals surface area contributed by atoms with Crippen LogP contribution in [0.3, 0.4) is 0 Å². The molecule has 4 heteroatoms. The van der Waals surface area contributed by atoms with E-state index in [1.54, 1.807) is 12.4 Å². The number of carboxylic acids is 1. The van der Waals surface area contributed by atoms with Crippen molar-refractivity contribution in [3.05, 3.63) is 30.9 Å². The van der Waals surface area contributed by atoms with Gasteiger partial charge >= 0.3 is 5.97 Å². The number of hydrogen-bond donors (Lipinski definition) is 2. The molecule has 1 aromatic heterocycles. The maximum absolute atomic E-state index is 9.25. The summed E-state index contributed by atoms with van der Waals surface area (Å²) in [5, 5.41) is 7.60. The summed E-state index contributed by atoms with van der Waals surface area (Å²) in [5.74, 6) is -0.0139. The molecule has 0 aliphatic heterocycles. The molecule has 0 spiro atoms. The molecule has 0 aromatic carbocycles. The molecular formula is C7H10N2O2. The van der Waals surface area contributed by atoms with Crippen LogP contribution in [-0.4, -0.2) is 21.0 Å². The molecule has 2 N–H and O–H groups in total. The van der Waals surface area contributed by atoms with Crippen molar-refractivity contribution in [2.24, 2.45) is 0 Å². The minimum atomic E-state index is -0.981. The Labute approximate surface area is 64.6 Å². The van der Waals surface area contributed by atoms with Crippen LogP contribution in [0.25, 0.3) is 0 Å². The van der Waals surface area contributed by atoms with Crippen molar-refractivity contribution in [2.45, 2.75) is 6.92 Å². The molecule has 0 unspecified atom stereocenters. The molecule has 0 atom stereocenters. The molecular weight excluding hydrogens is 144 g/mol. The quantitative estimate of drug-likeness (QED) is 0.592. The Morgan fingerprint density at radius 3 is 2.55 bits per heavy atom. The number of aromatic amines is 1. The number of aromatic nitrogens is 2. The summed E-state index contributed by atoms with van der Waals surface area (Å²) in [6.45, 7) is 4.88. The van der Waals surface area contributed by atoms with Gasteiger partial charge in [-0.15, -0.1) is 0 Å². The van der Waals surface area contributed by atoms with E-state index in [1.165, 1.54) is 0 Å². The molecule has 1 aromatic rings. The summed E-state index contributed by atoms with van der Waals surface area (Å²) in [6, 6.07) is 0. The molecule has 0 aliphatic rings. The smallest absolute Gasteiger partial charge is 0.327 e. The molecule has 0 saturated heterocycles. The monoisotopic (exact) mass is 154 g/mol. The van der Waals surface area contributed by atoms with Crippen LogP contribution < -0.4 is 0 Å². The number of aryl methyl sites for hydroxylation is 1. The van der Waals surface area contributed by atoms with Crippen LogP contribution in [0.4, 0.5) is 0 Å². The summed E-state index contributed by atoms with van der Waals surface area (Å²) < 4.78 is 0. The lowest BCUT2D eigenvalue weighted by Crippen LogP contribution is -1.82. The van der Waals surface area contributed by atoms with Gasteiger partial charge in [0.1, 0.15) is 5.82 Å². The standard InChI is InChI=1S/C4H6N2.C3H4O2/c1-4-5-2-3-6-4;1-2-3(4)5/h2-3H,1H3,(H,5,6);2H,1H2,(H,4,5). The molecule has 11 heavy (non-hydrogen) atoms. The van der Waals surface area contributed by atoms with Gasteiger partial charge in [-0.2, -0.15) is 0 Å². The zero-order chi connectivity index (χ0) is 8.69. The average molecular weight is 154 g/mol. The van der Waals surface area contributed by atoms with Crippen molar-refractivity contribution < 1.29 is 9.90 Å². The number of carboxylic acid groups (broad SMARTS) is 1. The Kier molecular flexibility index (Phi) is 4.47. The number of H-pyrrole nitrogens is 1. The van der Waals surface area contributed by atoms with Crippen LogP contribution in [0.5, 0.6) is 0 Å². The summed E-state index contributed by atoms with van der Waals surface area (Å²) in [4.78, 5) is 16.0. The first-order valence-corrected chi connectivity index (χ1v) is 2.98. The number of aliphatic carboxylic acids is 1. The van der Waals surface area contributed by atoms with Gasteiger partial charge in [0.2, 0.25) is 0 Å². The summed E-state index contributed by atoms with van der Waals surface area (Å²) in [6.07, 6.45) is 4.37. The van der Waals surface area contributed by atoms with E-state index >= 15 is 0 Å². The van der Waals surface area contributed by atoms with Gasteiger partial charge in [-0.3, -0.25) is 0 Å². The summed E-state index contributed by atoms with van der Waals surface area (Å²) >= 11 is 0. The van der Waals surface area contributed by atoms with Gasteiger partial charge in [-0.1, -0.05) is 6.58 Å². The first-order valence-electron chi connectivity index (χ1n) is 2.98. The normalized spacial score (nSPS) is 7.73. The van der Waals surface area contributed by atoms with Gasteiger partial charge < -0.3 is 10.1 Å². The average Bonchev–Trinajstić information content (AvgIpc) is 2.41. The highest BCUT2D eigenvalue weighted by atomic mass is 16.4. The highest BCUT2D eigenvalue weighted by molar-refractivity contribution is 5.78. The highest BCUT2D eigenvalue weighted by Crippen LogP contribution is 1.78. The summed E-state index contributed by atoms with van der Waals surface area (Å²) in [5.41, 5.74) is 0. The lowest BCUT2D eigenvalue weighted by atomic mass is 10.7. The van der Waals surface area contributed by atoms with E-state index in [2.05, 4.69) is 16.5 Å². The predicted molar refractivity (Wildman–Crippen MR) is 41.2 cm³/mol. The van der Waals surface area contributed by atoms with Crippen LogP contribution in [0.2, 0.25) is 0 Å².